The number of carbonyl (C=O) groups excluding carboxylic acids is 4. The second-order valence-electron chi connectivity index (χ2n) is 7.17. The van der Waals surface area contributed by atoms with Crippen LogP contribution < -0.4 is 4.74 Å². The number of ether oxygens (including phenoxy) is 2. The van der Waals surface area contributed by atoms with Crippen molar-refractivity contribution in [3.05, 3.63) is 81.2 Å². The number of rotatable bonds is 6. The van der Waals surface area contributed by atoms with Gasteiger partial charge in [0.1, 0.15) is 12.3 Å². The molecule has 4 rings (SSSR count). The predicted molar refractivity (Wildman–Crippen MR) is 132 cm³/mol. The van der Waals surface area contributed by atoms with E-state index in [1.165, 1.54) is 6.08 Å². The molecule has 0 spiro atoms. The Bertz CT molecular complexity index is 1350. The van der Waals surface area contributed by atoms with Gasteiger partial charge in [0.2, 0.25) is 0 Å². The summed E-state index contributed by atoms with van der Waals surface area (Å²) in [6.07, 6.45) is 1.46. The molecule has 1 aliphatic heterocycles. The van der Waals surface area contributed by atoms with Crippen LogP contribution in [-0.2, 0) is 14.3 Å². The largest absolute Gasteiger partial charge is 0.465 e. The third-order valence-electron chi connectivity index (χ3n) is 4.94. The van der Waals surface area contributed by atoms with Gasteiger partial charge in [-0.25, -0.2) is 4.79 Å². The van der Waals surface area contributed by atoms with Crippen LogP contribution in [0.4, 0.5) is 4.79 Å². The summed E-state index contributed by atoms with van der Waals surface area (Å²) < 4.78 is 11.2. The van der Waals surface area contributed by atoms with E-state index in [1.807, 2.05) is 30.3 Å². The highest BCUT2D eigenvalue weighted by Gasteiger charge is 2.36. The van der Waals surface area contributed by atoms with E-state index in [0.717, 1.165) is 15.7 Å². The van der Waals surface area contributed by atoms with Crippen LogP contribution in [0.3, 0.4) is 0 Å². The normalized spacial score (nSPS) is 14.6. The van der Waals surface area contributed by atoms with Crippen molar-refractivity contribution >= 4 is 67.6 Å². The molecular weight excluding hydrogens is 522 g/mol. The Labute approximate surface area is 207 Å². The van der Waals surface area contributed by atoms with Gasteiger partial charge in [-0.1, -0.05) is 52.3 Å². The smallest absolute Gasteiger partial charge is 0.344 e. The van der Waals surface area contributed by atoms with Crippen LogP contribution in [0.1, 0.15) is 22.8 Å². The molecule has 3 aromatic rings. The zero-order valence-corrected chi connectivity index (χ0v) is 20.4. The molecule has 0 N–H and O–H groups in total. The summed E-state index contributed by atoms with van der Waals surface area (Å²) in [5, 5.41) is 1.09. The lowest BCUT2D eigenvalue weighted by Gasteiger charge is -2.11. The van der Waals surface area contributed by atoms with Crippen molar-refractivity contribution in [3.8, 4) is 5.75 Å². The molecule has 0 aromatic heterocycles. The lowest BCUT2D eigenvalue weighted by atomic mass is 10.0. The van der Waals surface area contributed by atoms with Crippen molar-refractivity contribution in [2.45, 2.75) is 6.92 Å². The molecule has 0 saturated carbocycles. The van der Waals surface area contributed by atoms with Crippen molar-refractivity contribution in [2.75, 3.05) is 13.2 Å². The first-order chi connectivity index (χ1) is 16.4. The topological polar surface area (TPSA) is 90.0 Å². The quantitative estimate of drug-likeness (QED) is 0.234. The first-order valence-electron chi connectivity index (χ1n) is 10.3. The summed E-state index contributed by atoms with van der Waals surface area (Å²) in [7, 11) is 0. The first-order valence-corrected chi connectivity index (χ1v) is 11.9. The fourth-order valence-corrected chi connectivity index (χ4v) is 4.60. The Balaban J connectivity index is 1.62. The zero-order chi connectivity index (χ0) is 24.2. The van der Waals surface area contributed by atoms with E-state index in [0.29, 0.717) is 27.4 Å². The Morgan fingerprint density at radius 3 is 2.62 bits per heavy atom. The highest BCUT2D eigenvalue weighted by Crippen LogP contribution is 2.35. The summed E-state index contributed by atoms with van der Waals surface area (Å²) in [5.41, 5.74) is 0.825. The SMILES string of the molecule is CCOC(=O)CN1C(=O)S/C(=C\c2cc(Br)ccc2OC(=O)c2cccc3ccccc23)C1=O. The predicted octanol–water partition coefficient (Wildman–Crippen LogP) is 5.42. The Kier molecular flexibility index (Phi) is 7.14. The van der Waals surface area contributed by atoms with Crippen LogP contribution in [0, 0.1) is 0 Å². The highest BCUT2D eigenvalue weighted by atomic mass is 79.9. The lowest BCUT2D eigenvalue weighted by molar-refractivity contribution is -0.145. The average Bonchev–Trinajstić information content (AvgIpc) is 3.07. The molecular formula is C25H18BrNO6S. The number of hydrogen-bond donors (Lipinski definition) is 0. The number of nitrogens with zero attached hydrogens (tertiary/aromatic N) is 1. The summed E-state index contributed by atoms with van der Waals surface area (Å²) in [5.74, 6) is -1.62. The maximum Gasteiger partial charge on any atom is 0.344 e. The fraction of sp³-hybridized carbons (Fsp3) is 0.120. The van der Waals surface area contributed by atoms with Crippen LogP contribution in [0.25, 0.3) is 16.8 Å². The second kappa shape index (κ2) is 10.2. The Morgan fingerprint density at radius 2 is 1.82 bits per heavy atom. The van der Waals surface area contributed by atoms with Gasteiger partial charge in [-0.15, -0.1) is 0 Å². The van der Waals surface area contributed by atoms with Gasteiger partial charge < -0.3 is 9.47 Å². The molecule has 1 fully saturated rings. The minimum atomic E-state index is -0.668. The Morgan fingerprint density at radius 1 is 1.06 bits per heavy atom. The summed E-state index contributed by atoms with van der Waals surface area (Å²) in [6, 6.07) is 17.8. The van der Waals surface area contributed by atoms with E-state index in [9.17, 15) is 19.2 Å². The molecule has 172 valence electrons. The number of amides is 2. The van der Waals surface area contributed by atoms with E-state index in [1.54, 1.807) is 37.3 Å². The maximum atomic E-state index is 13.0. The van der Waals surface area contributed by atoms with Gasteiger partial charge in [-0.05, 0) is 59.8 Å². The van der Waals surface area contributed by atoms with Crippen LogP contribution in [0.2, 0.25) is 0 Å². The molecule has 0 atom stereocenters. The van der Waals surface area contributed by atoms with E-state index >= 15 is 0 Å². The van der Waals surface area contributed by atoms with Crippen molar-refractivity contribution in [1.82, 2.24) is 4.90 Å². The summed E-state index contributed by atoms with van der Waals surface area (Å²) in [6.45, 7) is 1.32. The van der Waals surface area contributed by atoms with Gasteiger partial charge in [-0.2, -0.15) is 0 Å². The number of hydrogen-bond acceptors (Lipinski definition) is 7. The monoisotopic (exact) mass is 539 g/mol. The highest BCUT2D eigenvalue weighted by molar-refractivity contribution is 9.10. The molecule has 7 nitrogen and oxygen atoms in total. The molecule has 2 amide bonds. The standard InChI is InChI=1S/C25H18BrNO6S/c1-2-32-22(28)14-27-23(29)21(34-25(27)31)13-16-12-17(26)10-11-20(16)33-24(30)19-9-5-7-15-6-3-4-8-18(15)19/h3-13H,2,14H2,1H3/b21-13-. The van der Waals surface area contributed by atoms with E-state index in [2.05, 4.69) is 15.9 Å². The van der Waals surface area contributed by atoms with E-state index in [4.69, 9.17) is 9.47 Å². The number of fused-ring (bicyclic) bond motifs is 1. The third-order valence-corrected chi connectivity index (χ3v) is 6.34. The fourth-order valence-electron chi connectivity index (χ4n) is 3.40. The van der Waals surface area contributed by atoms with Gasteiger partial charge in [0.15, 0.2) is 0 Å². The minimum absolute atomic E-state index is 0.106. The number of imide groups is 1. The van der Waals surface area contributed by atoms with Crippen LogP contribution in [0.5, 0.6) is 5.75 Å². The van der Waals surface area contributed by atoms with Crippen molar-refractivity contribution in [2.24, 2.45) is 0 Å². The summed E-state index contributed by atoms with van der Waals surface area (Å²) in [4.78, 5) is 50.7. The van der Waals surface area contributed by atoms with Crippen molar-refractivity contribution in [3.63, 3.8) is 0 Å². The van der Waals surface area contributed by atoms with Gasteiger partial charge >= 0.3 is 11.9 Å². The first kappa shape index (κ1) is 23.7. The number of carbonyl (C=O) groups is 4. The van der Waals surface area contributed by atoms with Crippen molar-refractivity contribution in [1.29, 1.82) is 0 Å². The van der Waals surface area contributed by atoms with E-state index in [-0.39, 0.29) is 17.3 Å². The summed E-state index contributed by atoms with van der Waals surface area (Å²) >= 11 is 4.08. The van der Waals surface area contributed by atoms with Crippen molar-refractivity contribution < 1.29 is 28.7 Å². The maximum absolute atomic E-state index is 13.0. The Hall–Kier alpha value is -3.43. The lowest BCUT2D eigenvalue weighted by Crippen LogP contribution is -2.34. The number of benzene rings is 3. The molecule has 0 bridgehead atoms. The van der Waals surface area contributed by atoms with E-state index < -0.39 is 29.6 Å². The molecule has 1 aliphatic rings. The van der Waals surface area contributed by atoms with Gasteiger partial charge in [0.25, 0.3) is 11.1 Å². The molecule has 34 heavy (non-hydrogen) atoms. The molecule has 9 heteroatoms. The number of halogens is 1. The number of thioether (sulfide) groups is 1. The molecule has 0 aliphatic carbocycles. The minimum Gasteiger partial charge on any atom is -0.465 e. The zero-order valence-electron chi connectivity index (χ0n) is 17.9. The van der Waals surface area contributed by atoms with Crippen LogP contribution in [-0.4, -0.2) is 41.1 Å². The average molecular weight is 540 g/mol. The van der Waals surface area contributed by atoms with Crippen LogP contribution in [0.15, 0.2) is 70.0 Å². The molecule has 1 saturated heterocycles. The van der Waals surface area contributed by atoms with Gasteiger partial charge in [0.05, 0.1) is 17.1 Å². The molecule has 0 radical (unpaired) electrons. The third kappa shape index (κ3) is 5.05. The number of esters is 2. The van der Waals surface area contributed by atoms with Gasteiger partial charge in [0, 0.05) is 10.0 Å². The van der Waals surface area contributed by atoms with Gasteiger partial charge in [-0.3, -0.25) is 19.3 Å². The molecule has 0 unspecified atom stereocenters. The molecule has 3 aromatic carbocycles. The second-order valence-corrected chi connectivity index (χ2v) is 9.08. The molecule has 1 heterocycles. The van der Waals surface area contributed by atoms with Crippen LogP contribution >= 0.6 is 27.7 Å².